The number of para-hydroxylation sites is 1. The van der Waals surface area contributed by atoms with Gasteiger partial charge in [-0.2, -0.15) is 0 Å². The zero-order valence-electron chi connectivity index (χ0n) is 14.1. The summed E-state index contributed by atoms with van der Waals surface area (Å²) in [6.45, 7) is 4.61. The fourth-order valence-electron chi connectivity index (χ4n) is 3.24. The number of aliphatic hydroxyl groups is 1. The standard InChI is InChI=1S/C20H25NO3/c1-2-23-18-11-7-6-8-16(18)14-20(22,17-9-4-3-5-10-17)19-15-21-12-13-24-19/h3-11,19,21-22H,2,12-15H2,1H3/t19-,20-/m1/s1. The molecule has 0 aliphatic carbocycles. The lowest BCUT2D eigenvalue weighted by Gasteiger charge is -2.39. The average Bonchev–Trinajstić information content (AvgIpc) is 2.65. The van der Waals surface area contributed by atoms with Gasteiger partial charge in [-0.1, -0.05) is 48.5 Å². The third-order valence-corrected chi connectivity index (χ3v) is 4.47. The van der Waals surface area contributed by atoms with Crippen LogP contribution in [0, 0.1) is 0 Å². The van der Waals surface area contributed by atoms with Crippen LogP contribution in [0.4, 0.5) is 0 Å². The Morgan fingerprint density at radius 3 is 2.62 bits per heavy atom. The van der Waals surface area contributed by atoms with Crippen LogP contribution in [0.25, 0.3) is 0 Å². The first kappa shape index (κ1) is 17.0. The Balaban J connectivity index is 1.96. The fourth-order valence-corrected chi connectivity index (χ4v) is 3.24. The van der Waals surface area contributed by atoms with Gasteiger partial charge in [-0.25, -0.2) is 0 Å². The van der Waals surface area contributed by atoms with Crippen molar-refractivity contribution in [2.24, 2.45) is 0 Å². The minimum absolute atomic E-state index is 0.302. The van der Waals surface area contributed by atoms with E-state index in [9.17, 15) is 5.11 Å². The largest absolute Gasteiger partial charge is 0.494 e. The van der Waals surface area contributed by atoms with Gasteiger partial charge < -0.3 is 19.9 Å². The van der Waals surface area contributed by atoms with E-state index in [4.69, 9.17) is 9.47 Å². The molecule has 0 radical (unpaired) electrons. The van der Waals surface area contributed by atoms with Crippen LogP contribution in [-0.4, -0.2) is 37.5 Å². The van der Waals surface area contributed by atoms with Gasteiger partial charge in [-0.05, 0) is 24.1 Å². The van der Waals surface area contributed by atoms with Crippen molar-refractivity contribution in [2.45, 2.75) is 25.0 Å². The van der Waals surface area contributed by atoms with E-state index in [1.54, 1.807) is 0 Å². The fraction of sp³-hybridized carbons (Fsp3) is 0.400. The second kappa shape index (κ2) is 7.79. The van der Waals surface area contributed by atoms with Crippen molar-refractivity contribution >= 4 is 0 Å². The molecular formula is C20H25NO3. The number of benzene rings is 2. The van der Waals surface area contributed by atoms with E-state index in [-0.39, 0.29) is 6.10 Å². The van der Waals surface area contributed by atoms with Crippen LogP contribution < -0.4 is 10.1 Å². The molecule has 0 spiro atoms. The highest BCUT2D eigenvalue weighted by Gasteiger charge is 2.41. The van der Waals surface area contributed by atoms with Gasteiger partial charge in [0.1, 0.15) is 17.5 Å². The first-order valence-electron chi connectivity index (χ1n) is 8.55. The molecule has 0 bridgehead atoms. The van der Waals surface area contributed by atoms with Gasteiger partial charge in [0, 0.05) is 19.5 Å². The maximum atomic E-state index is 11.6. The van der Waals surface area contributed by atoms with Gasteiger partial charge in [0.05, 0.1) is 13.2 Å². The summed E-state index contributed by atoms with van der Waals surface area (Å²) in [6, 6.07) is 17.7. The Labute approximate surface area is 143 Å². The number of hydrogen-bond donors (Lipinski definition) is 2. The normalized spacial score (nSPS) is 20.3. The van der Waals surface area contributed by atoms with E-state index in [1.165, 1.54) is 0 Å². The smallest absolute Gasteiger partial charge is 0.122 e. The summed E-state index contributed by atoms with van der Waals surface area (Å²) < 4.78 is 11.7. The Bertz CT molecular complexity index is 640. The summed E-state index contributed by atoms with van der Waals surface area (Å²) in [5.41, 5.74) is 0.742. The van der Waals surface area contributed by atoms with Crippen LogP contribution in [0.2, 0.25) is 0 Å². The van der Waals surface area contributed by atoms with Gasteiger partial charge in [-0.3, -0.25) is 0 Å². The Morgan fingerprint density at radius 1 is 1.17 bits per heavy atom. The van der Waals surface area contributed by atoms with Crippen molar-refractivity contribution in [3.8, 4) is 5.75 Å². The van der Waals surface area contributed by atoms with Gasteiger partial charge in [0.2, 0.25) is 0 Å². The molecule has 1 saturated heterocycles. The quantitative estimate of drug-likeness (QED) is 0.856. The molecule has 4 heteroatoms. The molecule has 3 rings (SSSR count). The number of hydrogen-bond acceptors (Lipinski definition) is 4. The molecule has 0 unspecified atom stereocenters. The second-order valence-corrected chi connectivity index (χ2v) is 6.07. The van der Waals surface area contributed by atoms with Crippen molar-refractivity contribution in [3.63, 3.8) is 0 Å². The molecule has 1 aliphatic heterocycles. The third kappa shape index (κ3) is 3.61. The number of ether oxygens (including phenoxy) is 2. The monoisotopic (exact) mass is 327 g/mol. The molecule has 0 amide bonds. The molecule has 0 saturated carbocycles. The van der Waals surface area contributed by atoms with Crippen LogP contribution in [0.5, 0.6) is 5.75 Å². The first-order valence-corrected chi connectivity index (χ1v) is 8.55. The highest BCUT2D eigenvalue weighted by Crippen LogP contribution is 2.34. The van der Waals surface area contributed by atoms with Crippen molar-refractivity contribution in [3.05, 3.63) is 65.7 Å². The molecule has 128 valence electrons. The zero-order valence-corrected chi connectivity index (χ0v) is 14.1. The second-order valence-electron chi connectivity index (χ2n) is 6.07. The summed E-state index contributed by atoms with van der Waals surface area (Å²) in [7, 11) is 0. The summed E-state index contributed by atoms with van der Waals surface area (Å²) in [4.78, 5) is 0. The molecule has 24 heavy (non-hydrogen) atoms. The predicted octanol–water partition coefficient (Wildman–Crippen LogP) is 2.50. The Kier molecular flexibility index (Phi) is 5.51. The van der Waals surface area contributed by atoms with Crippen LogP contribution in [0.1, 0.15) is 18.1 Å². The molecule has 0 aromatic heterocycles. The zero-order chi connectivity index (χ0) is 16.8. The molecule has 1 fully saturated rings. The number of nitrogens with one attached hydrogen (secondary N) is 1. The number of rotatable bonds is 6. The summed E-state index contributed by atoms with van der Waals surface area (Å²) in [6.07, 6.45) is 0.142. The topological polar surface area (TPSA) is 50.7 Å². The maximum Gasteiger partial charge on any atom is 0.122 e. The predicted molar refractivity (Wildman–Crippen MR) is 94.3 cm³/mol. The van der Waals surface area contributed by atoms with Gasteiger partial charge in [-0.15, -0.1) is 0 Å². The Morgan fingerprint density at radius 2 is 1.92 bits per heavy atom. The molecule has 2 aromatic carbocycles. The molecule has 2 atom stereocenters. The minimum Gasteiger partial charge on any atom is -0.494 e. The van der Waals surface area contributed by atoms with Crippen LogP contribution in [0.3, 0.4) is 0 Å². The van der Waals surface area contributed by atoms with E-state index < -0.39 is 5.60 Å². The van der Waals surface area contributed by atoms with Crippen molar-refractivity contribution in [1.82, 2.24) is 5.32 Å². The molecular weight excluding hydrogens is 302 g/mol. The van der Waals surface area contributed by atoms with E-state index in [2.05, 4.69) is 5.32 Å². The first-order chi connectivity index (χ1) is 11.7. The SMILES string of the molecule is CCOc1ccccc1C[C@@](O)(c1ccccc1)[C@H]1CNCCO1. The average molecular weight is 327 g/mol. The van der Waals surface area contributed by atoms with E-state index in [0.717, 1.165) is 23.4 Å². The summed E-state index contributed by atoms with van der Waals surface area (Å²) >= 11 is 0. The highest BCUT2D eigenvalue weighted by atomic mass is 16.5. The van der Waals surface area contributed by atoms with Gasteiger partial charge in [0.15, 0.2) is 0 Å². The summed E-state index contributed by atoms with van der Waals surface area (Å²) in [5, 5.41) is 15.0. The van der Waals surface area contributed by atoms with Crippen LogP contribution in [-0.2, 0) is 16.8 Å². The molecule has 2 aromatic rings. The molecule has 1 heterocycles. The van der Waals surface area contributed by atoms with Crippen molar-refractivity contribution in [1.29, 1.82) is 0 Å². The van der Waals surface area contributed by atoms with E-state index in [0.29, 0.717) is 26.2 Å². The Hall–Kier alpha value is -1.88. The van der Waals surface area contributed by atoms with Gasteiger partial charge in [0.25, 0.3) is 0 Å². The lowest BCUT2D eigenvalue weighted by molar-refractivity contribution is -0.124. The molecule has 2 N–H and O–H groups in total. The van der Waals surface area contributed by atoms with Crippen molar-refractivity contribution in [2.75, 3.05) is 26.3 Å². The third-order valence-electron chi connectivity index (χ3n) is 4.47. The van der Waals surface area contributed by atoms with Crippen LogP contribution in [0.15, 0.2) is 54.6 Å². The minimum atomic E-state index is -1.11. The summed E-state index contributed by atoms with van der Waals surface area (Å²) in [5.74, 6) is 0.818. The lowest BCUT2D eigenvalue weighted by atomic mass is 9.81. The molecule has 1 aliphatic rings. The van der Waals surface area contributed by atoms with E-state index >= 15 is 0 Å². The van der Waals surface area contributed by atoms with Crippen molar-refractivity contribution < 1.29 is 14.6 Å². The van der Waals surface area contributed by atoms with Crippen LogP contribution >= 0.6 is 0 Å². The lowest BCUT2D eigenvalue weighted by Crippen LogP contribution is -2.52. The number of morpholine rings is 1. The highest BCUT2D eigenvalue weighted by molar-refractivity contribution is 5.37. The maximum absolute atomic E-state index is 11.6. The van der Waals surface area contributed by atoms with Gasteiger partial charge >= 0.3 is 0 Å². The molecule has 4 nitrogen and oxygen atoms in total. The van der Waals surface area contributed by atoms with E-state index in [1.807, 2.05) is 61.5 Å².